The molecule has 2 fully saturated rings. The molecule has 2 aliphatic rings. The van der Waals surface area contributed by atoms with Gasteiger partial charge in [-0.2, -0.15) is 0 Å². The summed E-state index contributed by atoms with van der Waals surface area (Å²) < 4.78 is 0.918. The number of hydrogen-bond donors (Lipinski definition) is 1. The zero-order chi connectivity index (χ0) is 23.2. The van der Waals surface area contributed by atoms with Gasteiger partial charge < -0.3 is 10.2 Å². The van der Waals surface area contributed by atoms with Gasteiger partial charge in [0.15, 0.2) is 4.34 Å². The van der Waals surface area contributed by atoms with Crippen molar-refractivity contribution < 1.29 is 4.79 Å². The molecule has 0 unspecified atom stereocenters. The van der Waals surface area contributed by atoms with Gasteiger partial charge in [0.25, 0.3) is 0 Å². The third-order valence-electron chi connectivity index (χ3n) is 6.80. The highest BCUT2D eigenvalue weighted by Crippen LogP contribution is 2.31. The predicted molar refractivity (Wildman–Crippen MR) is 144 cm³/mol. The Hall–Kier alpha value is -2.35. The van der Waals surface area contributed by atoms with Crippen LogP contribution in [0.3, 0.4) is 0 Å². The van der Waals surface area contributed by atoms with Gasteiger partial charge in [0, 0.05) is 43.2 Å². The number of benzene rings is 2. The van der Waals surface area contributed by atoms with E-state index in [9.17, 15) is 4.79 Å². The van der Waals surface area contributed by atoms with Crippen molar-refractivity contribution in [2.75, 3.05) is 42.1 Å². The van der Waals surface area contributed by atoms with Crippen LogP contribution in [0.4, 0.5) is 11.4 Å². The van der Waals surface area contributed by atoms with Crippen molar-refractivity contribution in [3.63, 3.8) is 0 Å². The SMILES string of the molecule is O=C(CSc1nc(-c2ccccc2)cs1)Nc1ccccc1N1CCN(C2CCCCC2)CC1. The van der Waals surface area contributed by atoms with E-state index >= 15 is 0 Å². The Morgan fingerprint density at radius 1 is 0.971 bits per heavy atom. The average Bonchev–Trinajstić information content (AvgIpc) is 3.38. The van der Waals surface area contributed by atoms with Crippen molar-refractivity contribution in [2.45, 2.75) is 42.5 Å². The standard InChI is InChI=1S/C27H32N4OS2/c32-26(20-34-27-29-24(19-33-27)21-9-3-1-4-10-21)28-23-13-7-8-14-25(23)31-17-15-30(16-18-31)22-11-5-2-6-12-22/h1,3-4,7-10,13-14,19,22H,2,5-6,11-12,15-18,20H2,(H,28,32). The minimum Gasteiger partial charge on any atom is -0.367 e. The molecule has 2 aromatic carbocycles. The number of nitrogens with zero attached hydrogens (tertiary/aromatic N) is 3. The number of amides is 1. The van der Waals surface area contributed by atoms with Crippen molar-refractivity contribution in [1.82, 2.24) is 9.88 Å². The summed E-state index contributed by atoms with van der Waals surface area (Å²) >= 11 is 3.09. The molecule has 3 aromatic rings. The van der Waals surface area contributed by atoms with Crippen molar-refractivity contribution in [1.29, 1.82) is 0 Å². The molecule has 0 radical (unpaired) electrons. The molecular formula is C27H32N4OS2. The fourth-order valence-electron chi connectivity index (χ4n) is 5.01. The summed E-state index contributed by atoms with van der Waals surface area (Å²) in [6, 6.07) is 19.1. The van der Waals surface area contributed by atoms with E-state index in [1.807, 2.05) is 30.3 Å². The molecule has 1 amide bonds. The fraction of sp³-hybridized carbons (Fsp3) is 0.407. The van der Waals surface area contributed by atoms with Gasteiger partial charge in [-0.15, -0.1) is 11.3 Å². The number of carbonyl (C=O) groups excluding carboxylic acids is 1. The van der Waals surface area contributed by atoms with Gasteiger partial charge in [-0.3, -0.25) is 9.69 Å². The van der Waals surface area contributed by atoms with Crippen LogP contribution in [0, 0.1) is 0 Å². The molecule has 1 N–H and O–H groups in total. The van der Waals surface area contributed by atoms with Crippen LogP contribution in [0.1, 0.15) is 32.1 Å². The van der Waals surface area contributed by atoms with Crippen molar-refractivity contribution in [3.8, 4) is 11.3 Å². The Balaban J connectivity index is 1.15. The zero-order valence-electron chi connectivity index (χ0n) is 19.5. The topological polar surface area (TPSA) is 48.5 Å². The maximum absolute atomic E-state index is 12.8. The number of piperazine rings is 1. The number of anilines is 2. The largest absolute Gasteiger partial charge is 0.367 e. The number of thioether (sulfide) groups is 1. The van der Waals surface area contributed by atoms with E-state index in [0.717, 1.165) is 59.2 Å². The van der Waals surface area contributed by atoms with E-state index in [0.29, 0.717) is 5.75 Å². The highest BCUT2D eigenvalue weighted by molar-refractivity contribution is 8.01. The Bertz CT molecular complexity index is 1070. The second-order valence-corrected chi connectivity index (χ2v) is 11.1. The summed E-state index contributed by atoms with van der Waals surface area (Å²) in [5, 5.41) is 5.21. The lowest BCUT2D eigenvalue weighted by molar-refractivity contribution is -0.113. The van der Waals surface area contributed by atoms with Crippen LogP contribution in [0.25, 0.3) is 11.3 Å². The molecule has 0 bridgehead atoms. The number of nitrogens with one attached hydrogen (secondary N) is 1. The van der Waals surface area contributed by atoms with Crippen LogP contribution in [-0.4, -0.2) is 53.8 Å². The summed E-state index contributed by atoms with van der Waals surface area (Å²) in [4.78, 5) is 22.6. The summed E-state index contributed by atoms with van der Waals surface area (Å²) in [7, 11) is 0. The van der Waals surface area contributed by atoms with Gasteiger partial charge in [-0.1, -0.05) is 73.5 Å². The van der Waals surface area contributed by atoms with Crippen LogP contribution in [0.2, 0.25) is 0 Å². The molecule has 1 aromatic heterocycles. The number of para-hydroxylation sites is 2. The maximum atomic E-state index is 12.8. The van der Waals surface area contributed by atoms with Crippen LogP contribution >= 0.6 is 23.1 Å². The quantitative estimate of drug-likeness (QED) is 0.410. The number of carbonyl (C=O) groups is 1. The predicted octanol–water partition coefficient (Wildman–Crippen LogP) is 6.00. The summed E-state index contributed by atoms with van der Waals surface area (Å²) in [6.07, 6.45) is 6.88. The number of rotatable bonds is 7. The number of thiazole rings is 1. The summed E-state index contributed by atoms with van der Waals surface area (Å²) in [5.41, 5.74) is 4.10. The van der Waals surface area contributed by atoms with E-state index in [4.69, 9.17) is 0 Å². The van der Waals surface area contributed by atoms with Gasteiger partial charge >= 0.3 is 0 Å². The zero-order valence-corrected chi connectivity index (χ0v) is 21.1. The first-order valence-corrected chi connectivity index (χ1v) is 14.1. The minimum absolute atomic E-state index is 0.00903. The van der Waals surface area contributed by atoms with Crippen LogP contribution in [-0.2, 0) is 4.79 Å². The molecule has 1 aliphatic heterocycles. The highest BCUT2D eigenvalue weighted by Gasteiger charge is 2.26. The second kappa shape index (κ2) is 11.4. The summed E-state index contributed by atoms with van der Waals surface area (Å²) in [6.45, 7) is 4.24. The van der Waals surface area contributed by atoms with Gasteiger partial charge in [0.2, 0.25) is 5.91 Å². The first kappa shape index (κ1) is 23.4. The van der Waals surface area contributed by atoms with Crippen LogP contribution < -0.4 is 10.2 Å². The molecular weight excluding hydrogens is 460 g/mol. The molecule has 34 heavy (non-hydrogen) atoms. The molecule has 0 atom stereocenters. The molecule has 2 heterocycles. The molecule has 1 saturated heterocycles. The van der Waals surface area contributed by atoms with Gasteiger partial charge in [-0.25, -0.2) is 4.98 Å². The first-order chi connectivity index (χ1) is 16.8. The second-order valence-electron chi connectivity index (χ2n) is 9.03. The van der Waals surface area contributed by atoms with E-state index < -0.39 is 0 Å². The normalized spacial score (nSPS) is 17.6. The fourth-order valence-corrected chi connectivity index (χ4v) is 6.64. The van der Waals surface area contributed by atoms with E-state index in [-0.39, 0.29) is 5.91 Å². The number of aromatic nitrogens is 1. The minimum atomic E-state index is 0.00903. The molecule has 7 heteroatoms. The lowest BCUT2D eigenvalue weighted by Gasteiger charge is -2.42. The molecule has 1 aliphatic carbocycles. The molecule has 5 rings (SSSR count). The van der Waals surface area contributed by atoms with E-state index in [2.05, 4.69) is 49.7 Å². The monoisotopic (exact) mass is 492 g/mol. The Morgan fingerprint density at radius 2 is 1.71 bits per heavy atom. The molecule has 5 nitrogen and oxygen atoms in total. The van der Waals surface area contributed by atoms with Gasteiger partial charge in [-0.05, 0) is 25.0 Å². The lowest BCUT2D eigenvalue weighted by Crippen LogP contribution is -2.51. The Labute approximate surface area is 210 Å². The third-order valence-corrected chi connectivity index (χ3v) is 8.82. The highest BCUT2D eigenvalue weighted by atomic mass is 32.2. The van der Waals surface area contributed by atoms with Crippen molar-refractivity contribution >= 4 is 40.4 Å². The molecule has 1 saturated carbocycles. The smallest absolute Gasteiger partial charge is 0.234 e. The molecule has 178 valence electrons. The Morgan fingerprint density at radius 3 is 2.50 bits per heavy atom. The maximum Gasteiger partial charge on any atom is 0.234 e. The lowest BCUT2D eigenvalue weighted by atomic mass is 9.94. The van der Waals surface area contributed by atoms with Gasteiger partial charge in [0.05, 0.1) is 22.8 Å². The number of hydrogen-bond acceptors (Lipinski definition) is 6. The van der Waals surface area contributed by atoms with Crippen LogP contribution in [0.15, 0.2) is 64.3 Å². The van der Waals surface area contributed by atoms with Crippen LogP contribution in [0.5, 0.6) is 0 Å². The van der Waals surface area contributed by atoms with Gasteiger partial charge in [0.1, 0.15) is 0 Å². The van der Waals surface area contributed by atoms with Crippen molar-refractivity contribution in [2.24, 2.45) is 0 Å². The third kappa shape index (κ3) is 5.82. The van der Waals surface area contributed by atoms with E-state index in [1.165, 1.54) is 43.9 Å². The summed E-state index contributed by atoms with van der Waals surface area (Å²) in [5.74, 6) is 0.362. The first-order valence-electron chi connectivity index (χ1n) is 12.3. The van der Waals surface area contributed by atoms with E-state index in [1.54, 1.807) is 11.3 Å². The molecule has 0 spiro atoms. The Kier molecular flexibility index (Phi) is 7.83. The van der Waals surface area contributed by atoms with Crippen molar-refractivity contribution in [3.05, 3.63) is 60.0 Å². The average molecular weight is 493 g/mol.